The first-order chi connectivity index (χ1) is 15.0. The van der Waals surface area contributed by atoms with E-state index in [9.17, 15) is 4.79 Å². The standard InChI is InChI=1S/C21H20N6O4/c1-29-14-8-13(9-15(30-2)17(14)31-3)25-21-16-20(24-10-23-16)26-19(27-21)12-6-4-11(5-7-12)18(22)28/h4-10H,1-3H3,(H2,22,28)(H2,23,24,25,26,27). The van der Waals surface area contributed by atoms with Gasteiger partial charge in [-0.15, -0.1) is 0 Å². The number of amides is 1. The summed E-state index contributed by atoms with van der Waals surface area (Å²) in [6.45, 7) is 0. The van der Waals surface area contributed by atoms with Crippen molar-refractivity contribution in [2.24, 2.45) is 5.73 Å². The predicted octanol–water partition coefficient (Wildman–Crippen LogP) is 2.89. The number of hydrogen-bond donors (Lipinski definition) is 3. The Bertz CT molecular complexity index is 1230. The van der Waals surface area contributed by atoms with Crippen LogP contribution >= 0.6 is 0 Å². The third-order valence-corrected chi connectivity index (χ3v) is 4.64. The maximum Gasteiger partial charge on any atom is 0.248 e. The number of methoxy groups -OCH3 is 3. The first kappa shape index (κ1) is 20.0. The van der Waals surface area contributed by atoms with Crippen molar-refractivity contribution in [3.63, 3.8) is 0 Å². The van der Waals surface area contributed by atoms with Crippen molar-refractivity contribution in [2.45, 2.75) is 0 Å². The first-order valence-electron chi connectivity index (χ1n) is 9.22. The van der Waals surface area contributed by atoms with Crippen molar-refractivity contribution in [1.82, 2.24) is 19.9 Å². The molecule has 0 unspecified atom stereocenters. The number of imidazole rings is 1. The van der Waals surface area contributed by atoms with Crippen molar-refractivity contribution < 1.29 is 19.0 Å². The minimum atomic E-state index is -0.500. The molecule has 31 heavy (non-hydrogen) atoms. The molecule has 10 nitrogen and oxygen atoms in total. The number of aromatic nitrogens is 4. The highest BCUT2D eigenvalue weighted by molar-refractivity contribution is 5.93. The Kier molecular flexibility index (Phi) is 5.27. The van der Waals surface area contributed by atoms with E-state index in [0.29, 0.717) is 56.9 Å². The molecule has 158 valence electrons. The van der Waals surface area contributed by atoms with Gasteiger partial charge in [0.25, 0.3) is 0 Å². The number of nitrogens with one attached hydrogen (secondary N) is 2. The van der Waals surface area contributed by atoms with E-state index < -0.39 is 5.91 Å². The summed E-state index contributed by atoms with van der Waals surface area (Å²) in [7, 11) is 4.64. The Hall–Kier alpha value is -4.34. The fourth-order valence-corrected chi connectivity index (χ4v) is 3.13. The number of primary amides is 1. The molecule has 0 spiro atoms. The largest absolute Gasteiger partial charge is 0.493 e. The lowest BCUT2D eigenvalue weighted by atomic mass is 10.1. The Labute approximate surface area is 177 Å². The summed E-state index contributed by atoms with van der Waals surface area (Å²) in [6.07, 6.45) is 1.54. The van der Waals surface area contributed by atoms with E-state index in [0.717, 1.165) is 0 Å². The summed E-state index contributed by atoms with van der Waals surface area (Å²) in [5, 5.41) is 3.26. The highest BCUT2D eigenvalue weighted by atomic mass is 16.5. The van der Waals surface area contributed by atoms with E-state index in [4.69, 9.17) is 19.9 Å². The van der Waals surface area contributed by atoms with Crippen molar-refractivity contribution in [2.75, 3.05) is 26.6 Å². The number of ether oxygens (including phenoxy) is 3. The minimum Gasteiger partial charge on any atom is -0.493 e. The van der Waals surface area contributed by atoms with Crippen LogP contribution in [-0.2, 0) is 0 Å². The zero-order valence-electron chi connectivity index (χ0n) is 17.1. The van der Waals surface area contributed by atoms with Gasteiger partial charge in [-0.3, -0.25) is 4.79 Å². The van der Waals surface area contributed by atoms with Gasteiger partial charge in [0.05, 0.1) is 27.7 Å². The van der Waals surface area contributed by atoms with Crippen LogP contribution in [0.1, 0.15) is 10.4 Å². The van der Waals surface area contributed by atoms with Gasteiger partial charge in [-0.05, 0) is 12.1 Å². The summed E-state index contributed by atoms with van der Waals surface area (Å²) < 4.78 is 16.2. The monoisotopic (exact) mass is 420 g/mol. The van der Waals surface area contributed by atoms with Crippen molar-refractivity contribution >= 4 is 28.6 Å². The highest BCUT2D eigenvalue weighted by Gasteiger charge is 2.16. The van der Waals surface area contributed by atoms with Crippen LogP contribution in [-0.4, -0.2) is 47.2 Å². The third-order valence-electron chi connectivity index (χ3n) is 4.64. The lowest BCUT2D eigenvalue weighted by molar-refractivity contribution is 0.100. The molecule has 4 aromatic rings. The molecule has 0 saturated carbocycles. The van der Waals surface area contributed by atoms with Gasteiger partial charge in [0, 0.05) is 28.9 Å². The van der Waals surface area contributed by atoms with E-state index in [-0.39, 0.29) is 0 Å². The van der Waals surface area contributed by atoms with Gasteiger partial charge >= 0.3 is 0 Å². The minimum absolute atomic E-state index is 0.403. The molecular weight excluding hydrogens is 400 g/mol. The molecule has 2 heterocycles. The summed E-state index contributed by atoms with van der Waals surface area (Å²) in [5.41, 5.74) is 8.21. The van der Waals surface area contributed by atoms with Gasteiger partial charge in [-0.25, -0.2) is 15.0 Å². The number of hydrogen-bond acceptors (Lipinski definition) is 8. The average molecular weight is 420 g/mol. The molecule has 2 aromatic carbocycles. The third kappa shape index (κ3) is 3.78. The second kappa shape index (κ2) is 8.19. The molecule has 0 aliphatic heterocycles. The molecule has 0 aliphatic rings. The molecule has 0 bridgehead atoms. The number of aromatic amines is 1. The molecule has 1 amide bonds. The fourth-order valence-electron chi connectivity index (χ4n) is 3.13. The Morgan fingerprint density at radius 2 is 1.68 bits per heavy atom. The second-order valence-electron chi connectivity index (χ2n) is 6.48. The van der Waals surface area contributed by atoms with Crippen molar-refractivity contribution in [3.05, 3.63) is 48.3 Å². The fraction of sp³-hybridized carbons (Fsp3) is 0.143. The van der Waals surface area contributed by atoms with Gasteiger partial charge in [0.2, 0.25) is 11.7 Å². The zero-order chi connectivity index (χ0) is 22.0. The van der Waals surface area contributed by atoms with Crippen LogP contribution < -0.4 is 25.3 Å². The number of benzene rings is 2. The Morgan fingerprint density at radius 1 is 1.00 bits per heavy atom. The smallest absolute Gasteiger partial charge is 0.248 e. The predicted molar refractivity (Wildman–Crippen MR) is 115 cm³/mol. The lowest BCUT2D eigenvalue weighted by Gasteiger charge is -2.15. The number of nitrogens with two attached hydrogens (primary N) is 1. The van der Waals surface area contributed by atoms with E-state index in [2.05, 4.69) is 25.3 Å². The Balaban J connectivity index is 1.78. The lowest BCUT2D eigenvalue weighted by Crippen LogP contribution is -2.10. The molecule has 4 N–H and O–H groups in total. The average Bonchev–Trinajstić information content (AvgIpc) is 3.27. The van der Waals surface area contributed by atoms with Crippen LogP contribution in [0, 0.1) is 0 Å². The van der Waals surface area contributed by atoms with Crippen LogP contribution in [0.5, 0.6) is 17.2 Å². The van der Waals surface area contributed by atoms with Crippen LogP contribution in [0.3, 0.4) is 0 Å². The van der Waals surface area contributed by atoms with E-state index in [1.807, 2.05) is 0 Å². The summed E-state index contributed by atoms with van der Waals surface area (Å²) in [5.74, 6) is 1.93. The Morgan fingerprint density at radius 3 is 2.26 bits per heavy atom. The summed E-state index contributed by atoms with van der Waals surface area (Å²) in [4.78, 5) is 27.8. The number of H-pyrrole nitrogens is 1. The molecule has 10 heteroatoms. The van der Waals surface area contributed by atoms with Crippen LogP contribution in [0.2, 0.25) is 0 Å². The van der Waals surface area contributed by atoms with Gasteiger partial charge in [-0.2, -0.15) is 0 Å². The van der Waals surface area contributed by atoms with E-state index in [1.165, 1.54) is 0 Å². The molecule has 0 saturated heterocycles. The van der Waals surface area contributed by atoms with Gasteiger partial charge in [-0.1, -0.05) is 12.1 Å². The molecule has 0 atom stereocenters. The normalized spacial score (nSPS) is 10.7. The van der Waals surface area contributed by atoms with E-state index in [1.54, 1.807) is 64.1 Å². The second-order valence-corrected chi connectivity index (χ2v) is 6.48. The van der Waals surface area contributed by atoms with Crippen LogP contribution in [0.4, 0.5) is 11.5 Å². The van der Waals surface area contributed by atoms with Gasteiger partial charge in [0.1, 0.15) is 5.52 Å². The maximum atomic E-state index is 11.3. The zero-order valence-corrected chi connectivity index (χ0v) is 17.1. The quantitative estimate of drug-likeness (QED) is 0.415. The first-order valence-corrected chi connectivity index (χ1v) is 9.22. The molecule has 0 fully saturated rings. The van der Waals surface area contributed by atoms with E-state index >= 15 is 0 Å². The number of carbonyl (C=O) groups excluding carboxylic acids is 1. The number of anilines is 2. The highest BCUT2D eigenvalue weighted by Crippen LogP contribution is 2.41. The number of nitrogens with zero attached hydrogens (tertiary/aromatic N) is 3. The number of fused-ring (bicyclic) bond motifs is 1. The SMILES string of the molecule is COc1cc(Nc2nc(-c3ccc(C(N)=O)cc3)nc3nc[nH]c23)cc(OC)c1OC. The van der Waals surface area contributed by atoms with Crippen LogP contribution in [0.15, 0.2) is 42.7 Å². The summed E-state index contributed by atoms with van der Waals surface area (Å²) >= 11 is 0. The molecule has 0 radical (unpaired) electrons. The van der Waals surface area contributed by atoms with Crippen molar-refractivity contribution in [1.29, 1.82) is 0 Å². The molecular formula is C21H20N6O4. The number of rotatable bonds is 7. The summed E-state index contributed by atoms with van der Waals surface area (Å²) in [6, 6.07) is 10.3. The van der Waals surface area contributed by atoms with Gasteiger partial charge < -0.3 is 30.2 Å². The molecule has 0 aliphatic carbocycles. The number of carbonyl (C=O) groups is 1. The van der Waals surface area contributed by atoms with Crippen LogP contribution in [0.25, 0.3) is 22.6 Å². The topological polar surface area (TPSA) is 137 Å². The maximum absolute atomic E-state index is 11.3. The molecule has 2 aromatic heterocycles. The van der Waals surface area contributed by atoms with Crippen molar-refractivity contribution in [3.8, 4) is 28.6 Å². The van der Waals surface area contributed by atoms with Gasteiger partial charge in [0.15, 0.2) is 28.8 Å². The molecule has 4 rings (SSSR count).